The summed E-state index contributed by atoms with van der Waals surface area (Å²) in [5.74, 6) is 2.18. The second-order valence-corrected chi connectivity index (χ2v) is 7.75. The van der Waals surface area contributed by atoms with E-state index in [4.69, 9.17) is 9.47 Å². The SMILES string of the molecule is CCOc1cc2c(cc1NC(=O)CC1CC3CCC(C1)N3)OC(C)C2. The van der Waals surface area contributed by atoms with Crippen LogP contribution in [0.5, 0.6) is 11.5 Å². The third-order valence-corrected chi connectivity index (χ3v) is 5.62. The van der Waals surface area contributed by atoms with E-state index >= 15 is 0 Å². The van der Waals surface area contributed by atoms with E-state index in [-0.39, 0.29) is 12.0 Å². The molecule has 0 spiro atoms. The van der Waals surface area contributed by atoms with Crippen molar-refractivity contribution >= 4 is 11.6 Å². The summed E-state index contributed by atoms with van der Waals surface area (Å²) >= 11 is 0. The zero-order valence-corrected chi connectivity index (χ0v) is 15.1. The Morgan fingerprint density at radius 3 is 2.80 bits per heavy atom. The highest BCUT2D eigenvalue weighted by Crippen LogP contribution is 2.38. The number of hydrogen-bond acceptors (Lipinski definition) is 4. The van der Waals surface area contributed by atoms with Crippen molar-refractivity contribution in [3.63, 3.8) is 0 Å². The summed E-state index contributed by atoms with van der Waals surface area (Å²) in [6, 6.07) is 5.17. The number of benzene rings is 1. The fraction of sp³-hybridized carbons (Fsp3) is 0.650. The van der Waals surface area contributed by atoms with Crippen molar-refractivity contribution in [3.8, 4) is 11.5 Å². The van der Waals surface area contributed by atoms with E-state index in [1.807, 2.05) is 19.1 Å². The summed E-state index contributed by atoms with van der Waals surface area (Å²) in [7, 11) is 0. The van der Waals surface area contributed by atoms with Gasteiger partial charge in [-0.3, -0.25) is 4.79 Å². The molecule has 2 bridgehead atoms. The summed E-state index contributed by atoms with van der Waals surface area (Å²) in [4.78, 5) is 12.6. The molecule has 136 valence electrons. The van der Waals surface area contributed by atoms with Crippen molar-refractivity contribution < 1.29 is 14.3 Å². The molecular formula is C20H28N2O3. The first-order valence-corrected chi connectivity index (χ1v) is 9.63. The van der Waals surface area contributed by atoms with Crippen LogP contribution in [0.1, 0.15) is 51.5 Å². The number of rotatable bonds is 5. The van der Waals surface area contributed by atoms with Crippen LogP contribution in [-0.2, 0) is 11.2 Å². The molecular weight excluding hydrogens is 316 g/mol. The molecule has 3 heterocycles. The number of carbonyl (C=O) groups excluding carboxylic acids is 1. The average molecular weight is 344 g/mol. The van der Waals surface area contributed by atoms with Gasteiger partial charge in [0.25, 0.3) is 0 Å². The molecule has 2 saturated heterocycles. The van der Waals surface area contributed by atoms with Gasteiger partial charge in [0.15, 0.2) is 0 Å². The summed E-state index contributed by atoms with van der Waals surface area (Å²) in [5.41, 5.74) is 1.89. The molecule has 1 aromatic rings. The summed E-state index contributed by atoms with van der Waals surface area (Å²) < 4.78 is 11.6. The van der Waals surface area contributed by atoms with E-state index in [9.17, 15) is 4.79 Å². The zero-order chi connectivity index (χ0) is 17.4. The van der Waals surface area contributed by atoms with E-state index in [0.717, 1.165) is 42.0 Å². The standard InChI is InChI=1S/C20H28N2O3/c1-3-24-19-10-14-6-12(2)25-18(14)11-17(19)22-20(23)9-13-7-15-4-5-16(8-13)21-15/h10-13,15-16,21H,3-9H2,1-2H3,(H,22,23). The molecule has 1 amide bonds. The maximum atomic E-state index is 12.6. The van der Waals surface area contributed by atoms with Crippen LogP contribution in [-0.4, -0.2) is 30.7 Å². The number of amides is 1. The third kappa shape index (κ3) is 3.61. The van der Waals surface area contributed by atoms with Crippen LogP contribution >= 0.6 is 0 Å². The average Bonchev–Trinajstić information content (AvgIpc) is 3.08. The normalized spacial score (nSPS) is 29.8. The lowest BCUT2D eigenvalue weighted by Crippen LogP contribution is -2.39. The van der Waals surface area contributed by atoms with Crippen molar-refractivity contribution in [3.05, 3.63) is 17.7 Å². The Morgan fingerprint density at radius 1 is 1.32 bits per heavy atom. The highest BCUT2D eigenvalue weighted by Gasteiger charge is 2.34. The van der Waals surface area contributed by atoms with E-state index in [2.05, 4.69) is 17.6 Å². The topological polar surface area (TPSA) is 59.6 Å². The van der Waals surface area contributed by atoms with Crippen LogP contribution in [0, 0.1) is 5.92 Å². The third-order valence-electron chi connectivity index (χ3n) is 5.62. The highest BCUT2D eigenvalue weighted by molar-refractivity contribution is 5.93. The van der Waals surface area contributed by atoms with Crippen molar-refractivity contribution in [2.24, 2.45) is 5.92 Å². The smallest absolute Gasteiger partial charge is 0.224 e. The van der Waals surface area contributed by atoms with Gasteiger partial charge in [-0.25, -0.2) is 0 Å². The van der Waals surface area contributed by atoms with Crippen LogP contribution in [0.25, 0.3) is 0 Å². The fourth-order valence-electron chi connectivity index (χ4n) is 4.62. The van der Waals surface area contributed by atoms with Gasteiger partial charge < -0.3 is 20.1 Å². The number of carbonyl (C=O) groups is 1. The molecule has 3 atom stereocenters. The molecule has 0 saturated carbocycles. The van der Waals surface area contributed by atoms with Gasteiger partial charge in [-0.15, -0.1) is 0 Å². The molecule has 2 fully saturated rings. The maximum absolute atomic E-state index is 12.6. The molecule has 0 aromatic heterocycles. The van der Waals surface area contributed by atoms with E-state index in [1.165, 1.54) is 12.8 Å². The second kappa shape index (κ2) is 6.87. The van der Waals surface area contributed by atoms with Gasteiger partial charge in [-0.05, 0) is 51.5 Å². The molecule has 4 rings (SSSR count). The number of nitrogens with one attached hydrogen (secondary N) is 2. The molecule has 25 heavy (non-hydrogen) atoms. The Morgan fingerprint density at radius 2 is 2.08 bits per heavy atom. The van der Waals surface area contributed by atoms with Gasteiger partial charge in [0.05, 0.1) is 12.3 Å². The van der Waals surface area contributed by atoms with Gasteiger partial charge in [0, 0.05) is 36.6 Å². The largest absolute Gasteiger partial charge is 0.492 e. The van der Waals surface area contributed by atoms with E-state index in [0.29, 0.717) is 31.0 Å². The fourth-order valence-corrected chi connectivity index (χ4v) is 4.62. The van der Waals surface area contributed by atoms with Crippen molar-refractivity contribution in [2.75, 3.05) is 11.9 Å². The Kier molecular flexibility index (Phi) is 4.59. The van der Waals surface area contributed by atoms with Crippen LogP contribution in [0.4, 0.5) is 5.69 Å². The Hall–Kier alpha value is -1.75. The van der Waals surface area contributed by atoms with Gasteiger partial charge in [-0.1, -0.05) is 0 Å². The van der Waals surface area contributed by atoms with Gasteiger partial charge in [0.2, 0.25) is 5.91 Å². The minimum absolute atomic E-state index is 0.0817. The Balaban J connectivity index is 1.44. The zero-order valence-electron chi connectivity index (χ0n) is 15.1. The molecule has 3 aliphatic rings. The number of hydrogen-bond donors (Lipinski definition) is 2. The first-order valence-electron chi connectivity index (χ1n) is 9.63. The van der Waals surface area contributed by atoms with Crippen LogP contribution in [0.3, 0.4) is 0 Å². The molecule has 5 nitrogen and oxygen atoms in total. The van der Waals surface area contributed by atoms with Gasteiger partial charge in [0.1, 0.15) is 17.6 Å². The molecule has 0 radical (unpaired) electrons. The van der Waals surface area contributed by atoms with Crippen LogP contribution < -0.4 is 20.1 Å². The molecule has 2 N–H and O–H groups in total. The summed E-state index contributed by atoms with van der Waals surface area (Å²) in [6.45, 7) is 4.60. The number of piperidine rings is 1. The summed E-state index contributed by atoms with van der Waals surface area (Å²) in [5, 5.41) is 6.71. The lowest BCUT2D eigenvalue weighted by molar-refractivity contribution is -0.117. The van der Waals surface area contributed by atoms with Crippen molar-refractivity contribution in [1.82, 2.24) is 5.32 Å². The minimum Gasteiger partial charge on any atom is -0.492 e. The number of anilines is 1. The number of fused-ring (bicyclic) bond motifs is 3. The predicted molar refractivity (Wildman–Crippen MR) is 97.3 cm³/mol. The maximum Gasteiger partial charge on any atom is 0.224 e. The molecule has 5 heteroatoms. The van der Waals surface area contributed by atoms with Crippen molar-refractivity contribution in [1.29, 1.82) is 0 Å². The first kappa shape index (κ1) is 16.7. The van der Waals surface area contributed by atoms with Crippen molar-refractivity contribution in [2.45, 2.75) is 70.6 Å². The molecule has 1 aromatic carbocycles. The van der Waals surface area contributed by atoms with E-state index in [1.54, 1.807) is 0 Å². The second-order valence-electron chi connectivity index (χ2n) is 7.75. The Bertz CT molecular complexity index is 649. The lowest BCUT2D eigenvalue weighted by atomic mass is 9.89. The monoisotopic (exact) mass is 344 g/mol. The van der Waals surface area contributed by atoms with Crippen LogP contribution in [0.2, 0.25) is 0 Å². The quantitative estimate of drug-likeness (QED) is 0.861. The van der Waals surface area contributed by atoms with Gasteiger partial charge >= 0.3 is 0 Å². The first-order chi connectivity index (χ1) is 12.1. The predicted octanol–water partition coefficient (Wildman–Crippen LogP) is 3.27. The molecule has 3 aliphatic heterocycles. The molecule has 0 aliphatic carbocycles. The number of ether oxygens (including phenoxy) is 2. The Labute approximate surface area is 149 Å². The van der Waals surface area contributed by atoms with Crippen LogP contribution in [0.15, 0.2) is 12.1 Å². The summed E-state index contributed by atoms with van der Waals surface area (Å²) in [6.07, 6.45) is 6.42. The van der Waals surface area contributed by atoms with Gasteiger partial charge in [-0.2, -0.15) is 0 Å². The highest BCUT2D eigenvalue weighted by atomic mass is 16.5. The lowest BCUT2D eigenvalue weighted by Gasteiger charge is -2.28. The van der Waals surface area contributed by atoms with E-state index < -0.39 is 0 Å². The minimum atomic E-state index is 0.0817. The molecule has 3 unspecified atom stereocenters.